The van der Waals surface area contributed by atoms with E-state index in [0.717, 1.165) is 4.90 Å². The Morgan fingerprint density at radius 1 is 1.12 bits per heavy atom. The molecule has 1 aliphatic rings. The Balaban J connectivity index is 2.03. The minimum absolute atomic E-state index is 0.145. The lowest BCUT2D eigenvalue weighted by Crippen LogP contribution is -2.54. The van der Waals surface area contributed by atoms with Gasteiger partial charge in [0.05, 0.1) is 5.69 Å². The molecule has 4 amide bonds. The normalized spacial score (nSPS) is 16.7. The molecule has 6 nitrogen and oxygen atoms in total. The Labute approximate surface area is 142 Å². The van der Waals surface area contributed by atoms with Crippen LogP contribution in [0.1, 0.15) is 17.1 Å². The van der Waals surface area contributed by atoms with E-state index in [9.17, 15) is 14.4 Å². The van der Waals surface area contributed by atoms with Crippen LogP contribution in [0.4, 0.5) is 10.5 Å². The van der Waals surface area contributed by atoms with Crippen LogP contribution in [0, 0.1) is 13.8 Å². The van der Waals surface area contributed by atoms with E-state index in [0.29, 0.717) is 27.8 Å². The Kier molecular flexibility index (Phi) is 3.99. The van der Waals surface area contributed by atoms with E-state index in [1.807, 2.05) is 0 Å². The predicted octanol–water partition coefficient (Wildman–Crippen LogP) is 3.22. The van der Waals surface area contributed by atoms with E-state index in [-0.39, 0.29) is 5.57 Å². The van der Waals surface area contributed by atoms with E-state index >= 15 is 0 Å². The maximum absolute atomic E-state index is 12.7. The van der Waals surface area contributed by atoms with Gasteiger partial charge in [-0.1, -0.05) is 11.6 Å². The molecule has 0 spiro atoms. The van der Waals surface area contributed by atoms with Crippen molar-refractivity contribution in [1.29, 1.82) is 0 Å². The fraction of sp³-hybridized carbons (Fsp3) is 0.118. The lowest BCUT2D eigenvalue weighted by Gasteiger charge is -2.26. The number of urea groups is 1. The van der Waals surface area contributed by atoms with Crippen LogP contribution in [0.2, 0.25) is 5.02 Å². The number of furan rings is 1. The molecular formula is C17H13ClN2O4. The zero-order valence-electron chi connectivity index (χ0n) is 12.9. The zero-order valence-corrected chi connectivity index (χ0v) is 13.7. The van der Waals surface area contributed by atoms with Crippen molar-refractivity contribution < 1.29 is 18.8 Å². The highest BCUT2D eigenvalue weighted by Gasteiger charge is 2.36. The Hall–Kier alpha value is -2.86. The summed E-state index contributed by atoms with van der Waals surface area (Å²) in [5, 5.41) is 2.64. The molecule has 0 radical (unpaired) electrons. The summed E-state index contributed by atoms with van der Waals surface area (Å²) in [6.45, 7) is 3.49. The molecule has 1 aromatic carbocycles. The highest BCUT2D eigenvalue weighted by Crippen LogP contribution is 2.24. The molecule has 122 valence electrons. The number of hydrogen-bond acceptors (Lipinski definition) is 4. The number of nitrogens with one attached hydrogen (secondary N) is 1. The van der Waals surface area contributed by atoms with E-state index < -0.39 is 17.8 Å². The first-order chi connectivity index (χ1) is 11.4. The van der Waals surface area contributed by atoms with Crippen LogP contribution in [0.15, 0.2) is 40.3 Å². The van der Waals surface area contributed by atoms with E-state index in [1.54, 1.807) is 32.0 Å². The van der Waals surface area contributed by atoms with Crippen LogP contribution < -0.4 is 10.2 Å². The number of nitrogens with zero attached hydrogens (tertiary/aromatic N) is 1. The van der Waals surface area contributed by atoms with Crippen LogP contribution >= 0.6 is 11.6 Å². The summed E-state index contributed by atoms with van der Waals surface area (Å²) in [6.07, 6.45) is 1.42. The number of rotatable bonds is 2. The van der Waals surface area contributed by atoms with Crippen LogP contribution in [0.25, 0.3) is 6.08 Å². The number of carbonyl (C=O) groups is 3. The van der Waals surface area contributed by atoms with Crippen molar-refractivity contribution in [3.05, 3.63) is 58.0 Å². The quantitative estimate of drug-likeness (QED) is 0.670. The summed E-state index contributed by atoms with van der Waals surface area (Å²) in [7, 11) is 0. The molecule has 2 aromatic rings. The fourth-order valence-electron chi connectivity index (χ4n) is 2.43. The fourth-order valence-corrected chi connectivity index (χ4v) is 2.56. The number of imide groups is 2. The molecule has 0 bridgehead atoms. The third-order valence-electron chi connectivity index (χ3n) is 3.57. The molecule has 1 aromatic heterocycles. The second-order valence-corrected chi connectivity index (χ2v) is 5.74. The first-order valence-electron chi connectivity index (χ1n) is 7.11. The standard InChI is InChI=1S/C17H13ClN2O4/c1-9-7-11(10(2)24-9)8-14-15(21)19-17(23)20(16(14)22)13-5-3-12(18)4-6-13/h3-8H,1-2H3,(H,19,21,23)/b14-8+. The van der Waals surface area contributed by atoms with Gasteiger partial charge in [0.2, 0.25) is 0 Å². The molecule has 0 aliphatic carbocycles. The second-order valence-electron chi connectivity index (χ2n) is 5.30. The molecule has 3 rings (SSSR count). The Morgan fingerprint density at radius 3 is 2.38 bits per heavy atom. The van der Waals surface area contributed by atoms with Crippen molar-refractivity contribution in [2.24, 2.45) is 0 Å². The number of anilines is 1. The molecule has 24 heavy (non-hydrogen) atoms. The monoisotopic (exact) mass is 344 g/mol. The summed E-state index contributed by atoms with van der Waals surface area (Å²) in [5.41, 5.74) is 0.783. The first-order valence-corrected chi connectivity index (χ1v) is 7.48. The van der Waals surface area contributed by atoms with Crippen LogP contribution in [0.3, 0.4) is 0 Å². The minimum atomic E-state index is -0.801. The van der Waals surface area contributed by atoms with E-state index in [1.165, 1.54) is 18.2 Å². The van der Waals surface area contributed by atoms with Crippen molar-refractivity contribution in [1.82, 2.24) is 5.32 Å². The number of halogens is 1. The zero-order chi connectivity index (χ0) is 17.4. The van der Waals surface area contributed by atoms with E-state index in [4.69, 9.17) is 16.0 Å². The second kappa shape index (κ2) is 5.98. The average molecular weight is 345 g/mol. The number of carbonyl (C=O) groups excluding carboxylic acids is 3. The number of benzene rings is 1. The summed E-state index contributed by atoms with van der Waals surface area (Å²) < 4.78 is 5.39. The topological polar surface area (TPSA) is 79.6 Å². The van der Waals surface area contributed by atoms with Gasteiger partial charge in [0, 0.05) is 10.6 Å². The molecule has 1 N–H and O–H groups in total. The lowest BCUT2D eigenvalue weighted by atomic mass is 10.1. The molecule has 0 saturated carbocycles. The minimum Gasteiger partial charge on any atom is -0.466 e. The molecule has 2 heterocycles. The van der Waals surface area contributed by atoms with Gasteiger partial charge in [0.15, 0.2) is 0 Å². The molecule has 1 fully saturated rings. The molecule has 0 atom stereocenters. The third-order valence-corrected chi connectivity index (χ3v) is 3.82. The van der Waals surface area contributed by atoms with Gasteiger partial charge in [-0.2, -0.15) is 0 Å². The van der Waals surface area contributed by atoms with Crippen LogP contribution in [0.5, 0.6) is 0 Å². The number of hydrogen-bond donors (Lipinski definition) is 1. The third kappa shape index (κ3) is 2.83. The average Bonchev–Trinajstić information content (AvgIpc) is 2.83. The summed E-state index contributed by atoms with van der Waals surface area (Å²) in [5.74, 6) is -0.206. The summed E-state index contributed by atoms with van der Waals surface area (Å²) in [6, 6.07) is 7.08. The highest BCUT2D eigenvalue weighted by atomic mass is 35.5. The highest BCUT2D eigenvalue weighted by molar-refractivity contribution is 6.39. The largest absolute Gasteiger partial charge is 0.466 e. The van der Waals surface area contributed by atoms with Crippen molar-refractivity contribution >= 4 is 41.2 Å². The molecule has 1 aliphatic heterocycles. The first kappa shape index (κ1) is 16.0. The van der Waals surface area contributed by atoms with Crippen molar-refractivity contribution in [2.45, 2.75) is 13.8 Å². The van der Waals surface area contributed by atoms with Gasteiger partial charge in [-0.05, 0) is 50.3 Å². The molecule has 0 unspecified atom stereocenters. The Morgan fingerprint density at radius 2 is 1.79 bits per heavy atom. The SMILES string of the molecule is Cc1cc(/C=C2\C(=O)NC(=O)N(c3ccc(Cl)cc3)C2=O)c(C)o1. The maximum atomic E-state index is 12.7. The van der Waals surface area contributed by atoms with Crippen molar-refractivity contribution in [2.75, 3.05) is 4.90 Å². The smallest absolute Gasteiger partial charge is 0.335 e. The molecular weight excluding hydrogens is 332 g/mol. The lowest BCUT2D eigenvalue weighted by molar-refractivity contribution is -0.122. The van der Waals surface area contributed by atoms with Gasteiger partial charge < -0.3 is 4.42 Å². The van der Waals surface area contributed by atoms with Gasteiger partial charge in [-0.15, -0.1) is 0 Å². The Bertz CT molecular complexity index is 880. The van der Waals surface area contributed by atoms with Gasteiger partial charge in [-0.25, -0.2) is 9.69 Å². The van der Waals surface area contributed by atoms with Crippen LogP contribution in [-0.4, -0.2) is 17.8 Å². The number of amides is 4. The van der Waals surface area contributed by atoms with Gasteiger partial charge >= 0.3 is 6.03 Å². The molecule has 1 saturated heterocycles. The van der Waals surface area contributed by atoms with E-state index in [2.05, 4.69) is 5.32 Å². The van der Waals surface area contributed by atoms with Gasteiger partial charge in [0.1, 0.15) is 17.1 Å². The number of aryl methyl sites for hydroxylation is 2. The van der Waals surface area contributed by atoms with Gasteiger partial charge in [0.25, 0.3) is 11.8 Å². The van der Waals surface area contributed by atoms with Crippen molar-refractivity contribution in [3.63, 3.8) is 0 Å². The predicted molar refractivity (Wildman–Crippen MR) is 88.6 cm³/mol. The number of barbiturate groups is 1. The van der Waals surface area contributed by atoms with Crippen LogP contribution in [-0.2, 0) is 9.59 Å². The summed E-state index contributed by atoms with van der Waals surface area (Å²) in [4.78, 5) is 37.7. The van der Waals surface area contributed by atoms with Gasteiger partial charge in [-0.3, -0.25) is 14.9 Å². The summed E-state index contributed by atoms with van der Waals surface area (Å²) >= 11 is 5.82. The van der Waals surface area contributed by atoms with Crippen molar-refractivity contribution in [3.8, 4) is 0 Å². The maximum Gasteiger partial charge on any atom is 0.335 e. The molecule has 7 heteroatoms.